The Kier molecular flexibility index (Phi) is 7.82. The minimum absolute atomic E-state index is 0.0250. The molecule has 2 aromatic rings. The number of benzene rings is 2. The van der Waals surface area contributed by atoms with Crippen LogP contribution in [0.3, 0.4) is 0 Å². The molecule has 10 heteroatoms. The minimum atomic E-state index is -4.08. The van der Waals surface area contributed by atoms with Crippen molar-refractivity contribution < 1.29 is 27.4 Å². The highest BCUT2D eigenvalue weighted by atomic mass is 35.5. The molecule has 5 atom stereocenters. The van der Waals surface area contributed by atoms with Crippen LogP contribution in [-0.2, 0) is 36.3 Å². The molecule has 1 amide bonds. The second-order valence-electron chi connectivity index (χ2n) is 11.8. The molecule has 8 nitrogen and oxygen atoms in total. The summed E-state index contributed by atoms with van der Waals surface area (Å²) in [5.74, 6) is 0.287. The van der Waals surface area contributed by atoms with Crippen LogP contribution in [0.1, 0.15) is 43.7 Å². The van der Waals surface area contributed by atoms with E-state index in [1.807, 2.05) is 18.2 Å². The van der Waals surface area contributed by atoms with Crippen molar-refractivity contribution in [3.05, 3.63) is 64.7 Å². The van der Waals surface area contributed by atoms with Crippen LogP contribution in [0.2, 0.25) is 5.02 Å². The van der Waals surface area contributed by atoms with Gasteiger partial charge in [0.1, 0.15) is 18.0 Å². The van der Waals surface area contributed by atoms with Crippen LogP contribution in [0.4, 0.5) is 5.69 Å². The van der Waals surface area contributed by atoms with Crippen molar-refractivity contribution in [1.29, 1.82) is 0 Å². The van der Waals surface area contributed by atoms with E-state index in [2.05, 4.69) is 21.8 Å². The molecule has 3 aliphatic heterocycles. The molecule has 0 saturated heterocycles. The maximum Gasteiger partial charge on any atom is 0.264 e. The van der Waals surface area contributed by atoms with Crippen molar-refractivity contribution in [2.24, 2.45) is 17.8 Å². The molecule has 0 unspecified atom stereocenters. The van der Waals surface area contributed by atoms with Gasteiger partial charge in [0.05, 0.1) is 29.8 Å². The first-order chi connectivity index (χ1) is 19.7. The Bertz CT molecular complexity index is 1460. The number of anilines is 1. The fraction of sp³-hybridized carbons (Fsp3) is 0.516. The number of allylic oxidation sites excluding steroid dienone is 1. The molecule has 0 radical (unpaired) electrons. The van der Waals surface area contributed by atoms with Gasteiger partial charge < -0.3 is 19.1 Å². The summed E-state index contributed by atoms with van der Waals surface area (Å²) in [5.41, 5.74) is 2.11. The Balaban J connectivity index is 1.44. The zero-order valence-electron chi connectivity index (χ0n) is 23.5. The topological polar surface area (TPSA) is 94.2 Å². The number of methoxy groups -OCH3 is 1. The van der Waals surface area contributed by atoms with Gasteiger partial charge in [-0.1, -0.05) is 36.7 Å². The highest BCUT2D eigenvalue weighted by Crippen LogP contribution is 2.45. The summed E-state index contributed by atoms with van der Waals surface area (Å²) < 4.78 is 47.9. The molecular formula is C31H37ClN2O6S. The quantitative estimate of drug-likeness (QED) is 0.468. The third-order valence-corrected chi connectivity index (χ3v) is 10.8. The summed E-state index contributed by atoms with van der Waals surface area (Å²) in [6, 6.07) is 10.7. The normalized spacial score (nSPS) is 32.0. The van der Waals surface area contributed by atoms with E-state index in [-0.39, 0.29) is 17.6 Å². The molecule has 3 heterocycles. The first-order valence-corrected chi connectivity index (χ1v) is 16.3. The monoisotopic (exact) mass is 600 g/mol. The first kappa shape index (κ1) is 28.5. The van der Waals surface area contributed by atoms with E-state index in [1.54, 1.807) is 26.2 Å². The van der Waals surface area contributed by atoms with Crippen molar-refractivity contribution in [2.45, 2.75) is 55.6 Å². The SMILES string of the molecule is CO[C@H]1/C=C/CC[C@@H](C)C(=O)NS(=O)(=O)c2ccc3c(c2)N(C[C@@H]2CC[C@H]21)C[C@]1(CO3)OCCc2cc(Cl)ccc21. The van der Waals surface area contributed by atoms with Gasteiger partial charge >= 0.3 is 0 Å². The Labute approximate surface area is 247 Å². The molecule has 2 aromatic carbocycles. The van der Waals surface area contributed by atoms with Gasteiger partial charge in [-0.15, -0.1) is 0 Å². The summed E-state index contributed by atoms with van der Waals surface area (Å²) in [4.78, 5) is 15.1. The second kappa shape index (κ2) is 11.2. The smallest absolute Gasteiger partial charge is 0.264 e. The predicted molar refractivity (Wildman–Crippen MR) is 157 cm³/mol. The zero-order chi connectivity index (χ0) is 28.8. The van der Waals surface area contributed by atoms with Crippen LogP contribution >= 0.6 is 11.6 Å². The first-order valence-electron chi connectivity index (χ1n) is 14.4. The summed E-state index contributed by atoms with van der Waals surface area (Å²) in [5, 5.41) is 0.686. The lowest BCUT2D eigenvalue weighted by Crippen LogP contribution is -2.51. The number of hydrogen-bond donors (Lipinski definition) is 1. The minimum Gasteiger partial charge on any atom is -0.488 e. The Morgan fingerprint density at radius 3 is 2.78 bits per heavy atom. The number of amides is 1. The maximum absolute atomic E-state index is 13.4. The largest absolute Gasteiger partial charge is 0.488 e. The zero-order valence-corrected chi connectivity index (χ0v) is 25.0. The van der Waals surface area contributed by atoms with E-state index >= 15 is 0 Å². The van der Waals surface area contributed by atoms with Crippen molar-refractivity contribution in [3.8, 4) is 5.75 Å². The molecule has 1 spiro atoms. The number of hydrogen-bond acceptors (Lipinski definition) is 7. The van der Waals surface area contributed by atoms with Crippen LogP contribution in [0.15, 0.2) is 53.4 Å². The molecule has 2 bridgehead atoms. The van der Waals surface area contributed by atoms with Crippen LogP contribution in [0.25, 0.3) is 0 Å². The number of ether oxygens (including phenoxy) is 3. The van der Waals surface area contributed by atoms with Gasteiger partial charge in [0.2, 0.25) is 5.91 Å². The van der Waals surface area contributed by atoms with E-state index in [4.69, 9.17) is 25.8 Å². The third kappa shape index (κ3) is 5.49. The molecule has 1 aliphatic carbocycles. The number of carbonyl (C=O) groups excluding carboxylic acids is 1. The Morgan fingerprint density at radius 2 is 2.00 bits per heavy atom. The molecule has 6 rings (SSSR count). The average molecular weight is 601 g/mol. The van der Waals surface area contributed by atoms with Crippen molar-refractivity contribution >= 4 is 33.2 Å². The lowest BCUT2D eigenvalue weighted by molar-refractivity contribution is -0.122. The molecule has 41 heavy (non-hydrogen) atoms. The average Bonchev–Trinajstić information content (AvgIpc) is 3.08. The van der Waals surface area contributed by atoms with Gasteiger partial charge in [0, 0.05) is 24.6 Å². The number of fused-ring (bicyclic) bond motifs is 4. The molecule has 4 aliphatic rings. The summed E-state index contributed by atoms with van der Waals surface area (Å²) >= 11 is 6.35. The molecule has 1 fully saturated rings. The van der Waals surface area contributed by atoms with Gasteiger partial charge in [-0.05, 0) is 85.4 Å². The van der Waals surface area contributed by atoms with Crippen molar-refractivity contribution in [3.63, 3.8) is 0 Å². The number of halogens is 1. The molecule has 1 N–H and O–H groups in total. The van der Waals surface area contributed by atoms with E-state index in [0.717, 1.165) is 30.4 Å². The van der Waals surface area contributed by atoms with Crippen LogP contribution in [0, 0.1) is 17.8 Å². The van der Waals surface area contributed by atoms with Crippen molar-refractivity contribution in [2.75, 3.05) is 38.3 Å². The van der Waals surface area contributed by atoms with Gasteiger partial charge in [0.15, 0.2) is 0 Å². The maximum atomic E-state index is 13.4. The van der Waals surface area contributed by atoms with Crippen LogP contribution < -0.4 is 14.4 Å². The number of carbonyl (C=O) groups is 1. The number of rotatable bonds is 1. The Morgan fingerprint density at radius 1 is 1.15 bits per heavy atom. The van der Waals surface area contributed by atoms with Gasteiger partial charge in [-0.3, -0.25) is 4.79 Å². The fourth-order valence-corrected chi connectivity index (χ4v) is 7.95. The lowest BCUT2D eigenvalue weighted by Gasteiger charge is -2.45. The van der Waals surface area contributed by atoms with E-state index in [9.17, 15) is 13.2 Å². The summed E-state index contributed by atoms with van der Waals surface area (Å²) in [6.45, 7) is 3.74. The molecule has 0 aromatic heterocycles. The second-order valence-corrected chi connectivity index (χ2v) is 13.9. The van der Waals surface area contributed by atoms with Gasteiger partial charge in [0.25, 0.3) is 10.0 Å². The molecular weight excluding hydrogens is 564 g/mol. The standard InChI is InChI=1S/C31H37ClN2O6S/c1-20-5-3-4-6-28(38-2)25-10-7-22(25)17-34-18-31(26-11-8-23(32)15-21(26)13-14-40-31)19-39-29-12-9-24(16-27(29)34)41(36,37)33-30(20)35/h4,6,8-9,11-12,15-16,20,22,25,28H,3,5,7,10,13-14,17-19H2,1-2H3,(H,33,35)/b6-4+/t20-,22+,25-,28+,31-/m1/s1. The van der Waals surface area contributed by atoms with Crippen LogP contribution in [-0.4, -0.2) is 53.8 Å². The molecule has 220 valence electrons. The lowest BCUT2D eigenvalue weighted by atomic mass is 9.70. The van der Waals surface area contributed by atoms with Gasteiger partial charge in [-0.2, -0.15) is 0 Å². The predicted octanol–water partition coefficient (Wildman–Crippen LogP) is 4.84. The number of sulfonamides is 1. The molecule has 1 saturated carbocycles. The van der Waals surface area contributed by atoms with E-state index < -0.39 is 27.4 Å². The number of nitrogens with zero attached hydrogens (tertiary/aromatic N) is 1. The number of nitrogens with one attached hydrogen (secondary N) is 1. The van der Waals surface area contributed by atoms with Crippen molar-refractivity contribution in [1.82, 2.24) is 4.72 Å². The Hall–Kier alpha value is -2.59. The van der Waals surface area contributed by atoms with Gasteiger partial charge in [-0.25, -0.2) is 13.1 Å². The van der Waals surface area contributed by atoms with Crippen LogP contribution in [0.5, 0.6) is 5.75 Å². The highest BCUT2D eigenvalue weighted by molar-refractivity contribution is 7.90. The summed E-state index contributed by atoms with van der Waals surface area (Å²) in [7, 11) is -2.33. The summed E-state index contributed by atoms with van der Waals surface area (Å²) in [6.07, 6.45) is 8.21. The van der Waals surface area contributed by atoms with E-state index in [1.165, 1.54) is 6.07 Å². The third-order valence-electron chi connectivity index (χ3n) is 9.20. The fourth-order valence-electron chi connectivity index (χ4n) is 6.66. The van der Waals surface area contributed by atoms with E-state index in [0.29, 0.717) is 60.8 Å². The highest BCUT2D eigenvalue weighted by Gasteiger charge is 2.45.